The van der Waals surface area contributed by atoms with Crippen molar-refractivity contribution in [3.05, 3.63) is 91.3 Å². The lowest BCUT2D eigenvalue weighted by Gasteiger charge is -2.19. The number of amides is 2. The Bertz CT molecular complexity index is 1050. The van der Waals surface area contributed by atoms with Gasteiger partial charge in [0.15, 0.2) is 0 Å². The third-order valence-electron chi connectivity index (χ3n) is 4.44. The van der Waals surface area contributed by atoms with Gasteiger partial charge in [0.25, 0.3) is 11.8 Å². The Labute approximate surface area is 194 Å². The highest BCUT2D eigenvalue weighted by Gasteiger charge is 2.17. The highest BCUT2D eigenvalue weighted by Crippen LogP contribution is 2.22. The SMILES string of the molecule is CC(C)(C)c1ccc(C(=O)N/C(=C/c2cccs2)C(=O)Nc2ccc(I)cc2)cc1. The van der Waals surface area contributed by atoms with Crippen molar-refractivity contribution in [1.82, 2.24) is 5.32 Å². The van der Waals surface area contributed by atoms with Gasteiger partial charge in [-0.3, -0.25) is 9.59 Å². The number of halogens is 1. The van der Waals surface area contributed by atoms with Crippen molar-refractivity contribution in [2.75, 3.05) is 5.32 Å². The molecule has 6 heteroatoms. The fraction of sp³-hybridized carbons (Fsp3) is 0.167. The molecule has 154 valence electrons. The molecule has 0 aliphatic carbocycles. The van der Waals surface area contributed by atoms with Crippen LogP contribution in [0.2, 0.25) is 0 Å². The molecule has 1 aromatic heterocycles. The van der Waals surface area contributed by atoms with Crippen LogP contribution in [0.5, 0.6) is 0 Å². The molecular formula is C24H23IN2O2S. The molecule has 30 heavy (non-hydrogen) atoms. The summed E-state index contributed by atoms with van der Waals surface area (Å²) < 4.78 is 1.08. The summed E-state index contributed by atoms with van der Waals surface area (Å²) in [4.78, 5) is 26.6. The second kappa shape index (κ2) is 9.57. The summed E-state index contributed by atoms with van der Waals surface area (Å²) in [6.45, 7) is 6.37. The molecule has 4 nitrogen and oxygen atoms in total. The molecule has 2 amide bonds. The van der Waals surface area contributed by atoms with Gasteiger partial charge in [-0.25, -0.2) is 0 Å². The van der Waals surface area contributed by atoms with Crippen LogP contribution in [0.4, 0.5) is 5.69 Å². The summed E-state index contributed by atoms with van der Waals surface area (Å²) >= 11 is 3.70. The molecule has 0 radical (unpaired) electrons. The lowest BCUT2D eigenvalue weighted by atomic mass is 9.87. The van der Waals surface area contributed by atoms with Crippen molar-refractivity contribution in [1.29, 1.82) is 0 Å². The largest absolute Gasteiger partial charge is 0.321 e. The number of hydrogen-bond donors (Lipinski definition) is 2. The summed E-state index contributed by atoms with van der Waals surface area (Å²) in [6, 6.07) is 18.7. The van der Waals surface area contributed by atoms with Crippen LogP contribution in [0.15, 0.2) is 71.7 Å². The molecule has 2 aromatic carbocycles. The number of anilines is 1. The van der Waals surface area contributed by atoms with E-state index < -0.39 is 0 Å². The Morgan fingerprint density at radius 1 is 0.967 bits per heavy atom. The molecule has 0 atom stereocenters. The van der Waals surface area contributed by atoms with Crippen molar-refractivity contribution < 1.29 is 9.59 Å². The van der Waals surface area contributed by atoms with Crippen LogP contribution in [0.3, 0.4) is 0 Å². The Kier molecular flexibility index (Phi) is 7.10. The molecule has 1 heterocycles. The Hall–Kier alpha value is -2.45. The summed E-state index contributed by atoms with van der Waals surface area (Å²) in [5, 5.41) is 7.55. The second-order valence-corrected chi connectivity index (χ2v) is 10.0. The smallest absolute Gasteiger partial charge is 0.272 e. The molecule has 0 aliphatic rings. The third-order valence-corrected chi connectivity index (χ3v) is 5.98. The van der Waals surface area contributed by atoms with Crippen LogP contribution in [0, 0.1) is 3.57 Å². The van der Waals surface area contributed by atoms with Gasteiger partial charge in [-0.2, -0.15) is 0 Å². The molecular weight excluding hydrogens is 507 g/mol. The van der Waals surface area contributed by atoms with Gasteiger partial charge >= 0.3 is 0 Å². The minimum Gasteiger partial charge on any atom is -0.321 e. The third kappa shape index (κ3) is 6.03. The molecule has 2 N–H and O–H groups in total. The van der Waals surface area contributed by atoms with E-state index >= 15 is 0 Å². The molecule has 3 aromatic rings. The fourth-order valence-corrected chi connectivity index (χ4v) is 3.74. The van der Waals surface area contributed by atoms with E-state index in [4.69, 9.17) is 0 Å². The topological polar surface area (TPSA) is 58.2 Å². The summed E-state index contributed by atoms with van der Waals surface area (Å²) in [7, 11) is 0. The van der Waals surface area contributed by atoms with E-state index in [0.717, 1.165) is 14.0 Å². The summed E-state index contributed by atoms with van der Waals surface area (Å²) in [5.74, 6) is -0.694. The number of hydrogen-bond acceptors (Lipinski definition) is 3. The minimum absolute atomic E-state index is 0.00657. The van der Waals surface area contributed by atoms with Crippen molar-refractivity contribution in [2.45, 2.75) is 26.2 Å². The molecule has 0 fully saturated rings. The molecule has 0 aliphatic heterocycles. The van der Waals surface area contributed by atoms with E-state index in [1.165, 1.54) is 11.3 Å². The zero-order valence-electron chi connectivity index (χ0n) is 17.0. The number of rotatable bonds is 5. The van der Waals surface area contributed by atoms with Gasteiger partial charge in [0.1, 0.15) is 5.70 Å². The average Bonchev–Trinajstić information content (AvgIpc) is 3.22. The van der Waals surface area contributed by atoms with Crippen molar-refractivity contribution >= 4 is 57.5 Å². The minimum atomic E-state index is -0.371. The van der Waals surface area contributed by atoms with E-state index in [1.807, 2.05) is 53.9 Å². The quantitative estimate of drug-likeness (QED) is 0.311. The lowest BCUT2D eigenvalue weighted by molar-refractivity contribution is -0.113. The number of thiophene rings is 1. The Morgan fingerprint density at radius 3 is 2.20 bits per heavy atom. The fourth-order valence-electron chi connectivity index (χ4n) is 2.72. The molecule has 0 unspecified atom stereocenters. The highest BCUT2D eigenvalue weighted by atomic mass is 127. The average molecular weight is 530 g/mol. The van der Waals surface area contributed by atoms with E-state index in [-0.39, 0.29) is 22.9 Å². The zero-order valence-corrected chi connectivity index (χ0v) is 20.0. The van der Waals surface area contributed by atoms with Gasteiger partial charge in [-0.05, 0) is 87.5 Å². The van der Waals surface area contributed by atoms with Crippen molar-refractivity contribution in [3.63, 3.8) is 0 Å². The maximum absolute atomic E-state index is 12.9. The molecule has 3 rings (SSSR count). The van der Waals surface area contributed by atoms with Crippen LogP contribution in [0.1, 0.15) is 41.6 Å². The first-order chi connectivity index (χ1) is 14.2. The lowest BCUT2D eigenvalue weighted by Crippen LogP contribution is -2.30. The van der Waals surface area contributed by atoms with Crippen LogP contribution < -0.4 is 10.6 Å². The Balaban J connectivity index is 1.81. The summed E-state index contributed by atoms with van der Waals surface area (Å²) in [6.07, 6.45) is 1.69. The molecule has 0 saturated heterocycles. The van der Waals surface area contributed by atoms with Gasteiger partial charge in [-0.15, -0.1) is 11.3 Å². The maximum Gasteiger partial charge on any atom is 0.272 e. The van der Waals surface area contributed by atoms with Crippen LogP contribution >= 0.6 is 33.9 Å². The number of benzene rings is 2. The standard InChI is InChI=1S/C24H23IN2O2S/c1-24(2,3)17-8-6-16(7-9-17)22(28)27-21(15-20-5-4-14-30-20)23(29)26-19-12-10-18(25)11-13-19/h4-15H,1-3H3,(H,26,29)(H,27,28)/b21-15+. The van der Waals surface area contributed by atoms with Gasteiger partial charge < -0.3 is 10.6 Å². The second-order valence-electron chi connectivity index (χ2n) is 7.82. The predicted octanol–water partition coefficient (Wildman–Crippen LogP) is 6.06. The number of nitrogens with one attached hydrogen (secondary N) is 2. The van der Waals surface area contributed by atoms with Crippen LogP contribution in [-0.4, -0.2) is 11.8 Å². The van der Waals surface area contributed by atoms with E-state index in [1.54, 1.807) is 18.2 Å². The van der Waals surface area contributed by atoms with Crippen molar-refractivity contribution in [2.24, 2.45) is 0 Å². The normalized spacial score (nSPS) is 11.8. The highest BCUT2D eigenvalue weighted by molar-refractivity contribution is 14.1. The zero-order chi connectivity index (χ0) is 21.7. The number of carbonyl (C=O) groups excluding carboxylic acids is 2. The first-order valence-electron chi connectivity index (χ1n) is 9.46. The van der Waals surface area contributed by atoms with Crippen molar-refractivity contribution in [3.8, 4) is 0 Å². The molecule has 0 spiro atoms. The van der Waals surface area contributed by atoms with Crippen LogP contribution in [-0.2, 0) is 10.2 Å². The first kappa shape index (κ1) is 22.2. The van der Waals surface area contributed by atoms with Gasteiger partial charge in [0.2, 0.25) is 0 Å². The maximum atomic E-state index is 12.9. The Morgan fingerprint density at radius 2 is 1.63 bits per heavy atom. The predicted molar refractivity (Wildman–Crippen MR) is 133 cm³/mol. The molecule has 0 saturated carbocycles. The van der Waals surface area contributed by atoms with E-state index in [9.17, 15) is 9.59 Å². The van der Waals surface area contributed by atoms with Gasteiger partial charge in [0.05, 0.1) is 0 Å². The van der Waals surface area contributed by atoms with E-state index in [0.29, 0.717) is 11.3 Å². The first-order valence-corrected chi connectivity index (χ1v) is 11.4. The van der Waals surface area contributed by atoms with Gasteiger partial charge in [0, 0.05) is 19.7 Å². The number of carbonyl (C=O) groups is 2. The van der Waals surface area contributed by atoms with Crippen LogP contribution in [0.25, 0.3) is 6.08 Å². The summed E-state index contributed by atoms with van der Waals surface area (Å²) in [5.41, 5.74) is 2.52. The monoisotopic (exact) mass is 530 g/mol. The molecule has 0 bridgehead atoms. The van der Waals surface area contributed by atoms with Gasteiger partial charge in [-0.1, -0.05) is 39.0 Å². The van der Waals surface area contributed by atoms with E-state index in [2.05, 4.69) is 54.0 Å².